The summed E-state index contributed by atoms with van der Waals surface area (Å²) < 4.78 is 0. The zero-order chi connectivity index (χ0) is 17.4. The molecular weight excluding hydrogens is 299 g/mol. The van der Waals surface area contributed by atoms with Crippen molar-refractivity contribution < 1.29 is 0 Å². The van der Waals surface area contributed by atoms with Crippen LogP contribution in [0.25, 0.3) is 17.2 Å². The van der Waals surface area contributed by atoms with Crippen LogP contribution in [0.2, 0.25) is 12.6 Å². The summed E-state index contributed by atoms with van der Waals surface area (Å²) in [6.45, 7) is 10.5. The van der Waals surface area contributed by atoms with E-state index in [1.165, 1.54) is 46.0 Å². The van der Waals surface area contributed by atoms with Crippen molar-refractivity contribution >= 4 is 18.3 Å². The minimum absolute atomic E-state index is 0.415. The molecule has 0 radical (unpaired) electrons. The average Bonchev–Trinajstić information content (AvgIpc) is 3.20. The molecule has 1 saturated heterocycles. The maximum atomic E-state index is 2.54. The van der Waals surface area contributed by atoms with Crippen molar-refractivity contribution in [2.45, 2.75) is 53.2 Å². The third-order valence-corrected chi connectivity index (χ3v) is 7.65. The molecule has 1 heterocycles. The minimum Gasteiger partial charge on any atom is -0.0795 e. The van der Waals surface area contributed by atoms with Crippen molar-refractivity contribution in [2.75, 3.05) is 0 Å². The van der Waals surface area contributed by atoms with Crippen LogP contribution in [0, 0.1) is 10.8 Å². The monoisotopic (exact) mass is 326 g/mol. The summed E-state index contributed by atoms with van der Waals surface area (Å²) in [4.78, 5) is 0. The smallest absolute Gasteiger partial charge is 0.0795 e. The summed E-state index contributed by atoms with van der Waals surface area (Å²) in [7, 11) is 0. The standard InChI is InChI=1S/C24H27B/c1-23(2)14-25(15-24(23,3)4)19-11-10-17-12-18-9-8-16-6-5-7-20(16)22(18)21(17)13-19/h5,7-11,13H,6,12,14-15H2,1-4H3. The number of fused-ring (bicyclic) bond motifs is 5. The molecule has 0 atom stereocenters. The van der Waals surface area contributed by atoms with E-state index in [1.54, 1.807) is 5.46 Å². The third-order valence-electron chi connectivity index (χ3n) is 7.65. The maximum absolute atomic E-state index is 2.54. The van der Waals surface area contributed by atoms with Crippen molar-refractivity contribution in [1.82, 2.24) is 0 Å². The van der Waals surface area contributed by atoms with Gasteiger partial charge in [-0.3, -0.25) is 0 Å². The summed E-state index contributed by atoms with van der Waals surface area (Å²) in [5.41, 5.74) is 11.5. The van der Waals surface area contributed by atoms with Crippen LogP contribution < -0.4 is 5.46 Å². The van der Waals surface area contributed by atoms with Gasteiger partial charge in [-0.15, -0.1) is 0 Å². The van der Waals surface area contributed by atoms with Gasteiger partial charge < -0.3 is 0 Å². The fourth-order valence-corrected chi connectivity index (χ4v) is 5.38. The second-order valence-electron chi connectivity index (χ2n) is 9.75. The summed E-state index contributed by atoms with van der Waals surface area (Å²) in [6, 6.07) is 12.1. The van der Waals surface area contributed by atoms with Crippen LogP contribution in [0.4, 0.5) is 0 Å². The topological polar surface area (TPSA) is 0 Å². The average molecular weight is 326 g/mol. The van der Waals surface area contributed by atoms with Crippen molar-refractivity contribution in [3.05, 3.63) is 58.7 Å². The van der Waals surface area contributed by atoms with Crippen molar-refractivity contribution in [1.29, 1.82) is 0 Å². The first-order chi connectivity index (χ1) is 11.9. The van der Waals surface area contributed by atoms with Gasteiger partial charge in [0.05, 0.1) is 0 Å². The Kier molecular flexibility index (Phi) is 3.04. The van der Waals surface area contributed by atoms with Gasteiger partial charge in [-0.1, -0.05) is 88.3 Å². The summed E-state index contributed by atoms with van der Waals surface area (Å²) >= 11 is 0. The second-order valence-corrected chi connectivity index (χ2v) is 9.75. The van der Waals surface area contributed by atoms with E-state index in [0.29, 0.717) is 17.5 Å². The molecule has 0 saturated carbocycles. The molecule has 0 N–H and O–H groups in total. The van der Waals surface area contributed by atoms with E-state index >= 15 is 0 Å². The van der Waals surface area contributed by atoms with Crippen LogP contribution in [-0.4, -0.2) is 6.71 Å². The van der Waals surface area contributed by atoms with Gasteiger partial charge in [-0.05, 0) is 57.1 Å². The Hall–Kier alpha value is -1.76. The van der Waals surface area contributed by atoms with Crippen LogP contribution in [0.3, 0.4) is 0 Å². The molecule has 3 aliphatic rings. The first-order valence-electron chi connectivity index (χ1n) is 9.80. The normalized spacial score (nSPS) is 21.4. The molecular formula is C24H27B. The zero-order valence-electron chi connectivity index (χ0n) is 15.9. The molecule has 0 amide bonds. The Morgan fingerprint density at radius 3 is 2.28 bits per heavy atom. The molecule has 0 nitrogen and oxygen atoms in total. The molecule has 1 fully saturated rings. The van der Waals surface area contributed by atoms with Crippen LogP contribution >= 0.6 is 0 Å². The highest BCUT2D eigenvalue weighted by Crippen LogP contribution is 2.53. The van der Waals surface area contributed by atoms with Crippen LogP contribution in [0.1, 0.15) is 49.9 Å². The highest BCUT2D eigenvalue weighted by molar-refractivity contribution is 6.74. The first-order valence-corrected chi connectivity index (χ1v) is 9.80. The number of allylic oxidation sites excluding steroid dienone is 1. The molecule has 1 aliphatic heterocycles. The highest BCUT2D eigenvalue weighted by Gasteiger charge is 2.48. The van der Waals surface area contributed by atoms with Crippen LogP contribution in [0.5, 0.6) is 0 Å². The zero-order valence-corrected chi connectivity index (χ0v) is 15.9. The Labute approximate surface area is 152 Å². The molecule has 2 aromatic carbocycles. The lowest BCUT2D eigenvalue weighted by Crippen LogP contribution is -2.28. The van der Waals surface area contributed by atoms with Gasteiger partial charge in [0.25, 0.3) is 0 Å². The van der Waals surface area contributed by atoms with E-state index in [9.17, 15) is 0 Å². The fourth-order valence-electron chi connectivity index (χ4n) is 5.38. The quantitative estimate of drug-likeness (QED) is 0.511. The summed E-state index contributed by atoms with van der Waals surface area (Å²) in [5.74, 6) is 0. The highest BCUT2D eigenvalue weighted by atomic mass is 14.4. The molecule has 0 unspecified atom stereocenters. The third kappa shape index (κ3) is 2.14. The van der Waals surface area contributed by atoms with E-state index in [-0.39, 0.29) is 0 Å². The molecule has 5 rings (SSSR count). The largest absolute Gasteiger partial charge is 0.176 e. The van der Waals surface area contributed by atoms with Gasteiger partial charge in [0.2, 0.25) is 0 Å². The molecule has 0 spiro atoms. The Morgan fingerprint density at radius 1 is 0.840 bits per heavy atom. The van der Waals surface area contributed by atoms with Crippen LogP contribution in [0.15, 0.2) is 36.4 Å². The van der Waals surface area contributed by atoms with Gasteiger partial charge >= 0.3 is 0 Å². The number of hydrogen-bond acceptors (Lipinski definition) is 0. The van der Waals surface area contributed by atoms with Gasteiger partial charge in [-0.25, -0.2) is 0 Å². The Balaban J connectivity index is 1.60. The van der Waals surface area contributed by atoms with E-state index < -0.39 is 0 Å². The molecule has 0 aromatic heterocycles. The second kappa shape index (κ2) is 4.90. The Morgan fingerprint density at radius 2 is 1.52 bits per heavy atom. The first kappa shape index (κ1) is 15.5. The van der Waals surface area contributed by atoms with E-state index in [1.807, 2.05) is 0 Å². The molecule has 1 heteroatoms. The van der Waals surface area contributed by atoms with Gasteiger partial charge in [-0.2, -0.15) is 0 Å². The molecule has 126 valence electrons. The Bertz CT molecular complexity index is 898. The summed E-state index contributed by atoms with van der Waals surface area (Å²) in [6.07, 6.45) is 9.47. The van der Waals surface area contributed by atoms with E-state index in [2.05, 4.69) is 70.2 Å². The maximum Gasteiger partial charge on any atom is 0.176 e. The molecule has 2 aliphatic carbocycles. The van der Waals surface area contributed by atoms with Crippen molar-refractivity contribution in [2.24, 2.45) is 10.8 Å². The van der Waals surface area contributed by atoms with Crippen LogP contribution in [-0.2, 0) is 12.8 Å². The van der Waals surface area contributed by atoms with Gasteiger partial charge in [0.1, 0.15) is 0 Å². The predicted octanol–water partition coefficient (Wildman–Crippen LogP) is 5.59. The molecule has 2 aromatic rings. The molecule has 25 heavy (non-hydrogen) atoms. The lowest BCUT2D eigenvalue weighted by molar-refractivity contribution is 0.177. The number of benzene rings is 2. The fraction of sp³-hybridized carbons (Fsp3) is 0.417. The predicted molar refractivity (Wildman–Crippen MR) is 110 cm³/mol. The van der Waals surface area contributed by atoms with Crippen molar-refractivity contribution in [3.8, 4) is 11.1 Å². The van der Waals surface area contributed by atoms with Crippen molar-refractivity contribution in [3.63, 3.8) is 0 Å². The van der Waals surface area contributed by atoms with Gasteiger partial charge in [0, 0.05) is 0 Å². The van der Waals surface area contributed by atoms with E-state index in [4.69, 9.17) is 0 Å². The lowest BCUT2D eigenvalue weighted by Gasteiger charge is -2.35. The summed E-state index contributed by atoms with van der Waals surface area (Å²) in [5, 5.41) is 0. The number of rotatable bonds is 1. The number of hydrogen-bond donors (Lipinski definition) is 0. The SMILES string of the molecule is CC1(C)CB(c2ccc3c(c2)-c2c(ccc4c2C=CC4)C3)CC1(C)C. The minimum atomic E-state index is 0.415. The lowest BCUT2D eigenvalue weighted by atomic mass is 9.42. The molecule has 0 bridgehead atoms. The van der Waals surface area contributed by atoms with Gasteiger partial charge in [0.15, 0.2) is 6.71 Å². The van der Waals surface area contributed by atoms with E-state index in [0.717, 1.165) is 12.8 Å².